The molecule has 0 saturated carbocycles. The van der Waals surface area contributed by atoms with Crippen molar-refractivity contribution in [1.29, 1.82) is 0 Å². The molecule has 0 heterocycles. The minimum Gasteiger partial charge on any atom is -0.491 e. The maximum absolute atomic E-state index is 10.5. The first kappa shape index (κ1) is 15.5. The van der Waals surface area contributed by atoms with Gasteiger partial charge < -0.3 is 9.84 Å². The van der Waals surface area contributed by atoms with E-state index in [2.05, 4.69) is 32.9 Å². The Bertz CT molecular complexity index is 407. The normalized spacial score (nSPS) is 13.1. The number of carbonyl (C=O) groups is 1. The lowest BCUT2D eigenvalue weighted by Gasteiger charge is -2.23. The molecule has 0 saturated heterocycles. The van der Waals surface area contributed by atoms with Gasteiger partial charge in [-0.05, 0) is 42.9 Å². The summed E-state index contributed by atoms with van der Waals surface area (Å²) < 4.78 is 5.70. The Kier molecular flexibility index (Phi) is 5.40. The van der Waals surface area contributed by atoms with Crippen molar-refractivity contribution < 1.29 is 14.6 Å². The summed E-state index contributed by atoms with van der Waals surface area (Å²) in [5, 5.41) is 8.63. The predicted molar refractivity (Wildman–Crippen MR) is 76.7 cm³/mol. The van der Waals surface area contributed by atoms with Crippen molar-refractivity contribution in [1.82, 2.24) is 0 Å². The number of hydrogen-bond acceptors (Lipinski definition) is 2. The molecule has 0 aliphatic carbocycles. The van der Waals surface area contributed by atoms with Crippen LogP contribution in [0.4, 0.5) is 0 Å². The minimum absolute atomic E-state index is 0.0823. The van der Waals surface area contributed by atoms with E-state index in [0.29, 0.717) is 6.42 Å². The van der Waals surface area contributed by atoms with Crippen LogP contribution in [0.5, 0.6) is 5.75 Å². The number of benzene rings is 1. The number of hydrogen-bond donors (Lipinski definition) is 1. The van der Waals surface area contributed by atoms with Crippen LogP contribution in [-0.4, -0.2) is 17.2 Å². The first-order valence-electron chi connectivity index (χ1n) is 6.84. The van der Waals surface area contributed by atoms with Crippen molar-refractivity contribution in [2.45, 2.75) is 58.5 Å². The standard InChI is InChI=1S/C16H24O3/c1-5-16(3,4)13-7-9-14(10-8-13)19-12(2)6-11-15(17)18/h7-10,12H,5-6,11H2,1-4H3,(H,17,18). The van der Waals surface area contributed by atoms with E-state index in [4.69, 9.17) is 9.84 Å². The Labute approximate surface area is 115 Å². The second kappa shape index (κ2) is 6.60. The molecule has 0 radical (unpaired) electrons. The van der Waals surface area contributed by atoms with Crippen LogP contribution in [0.25, 0.3) is 0 Å². The number of aliphatic carboxylic acids is 1. The Hall–Kier alpha value is -1.51. The topological polar surface area (TPSA) is 46.5 Å². The molecule has 106 valence electrons. The van der Waals surface area contributed by atoms with Crippen molar-refractivity contribution in [2.24, 2.45) is 0 Å². The summed E-state index contributed by atoms with van der Waals surface area (Å²) in [5.74, 6) is 0.0176. The van der Waals surface area contributed by atoms with Gasteiger partial charge in [0, 0.05) is 6.42 Å². The lowest BCUT2D eigenvalue weighted by molar-refractivity contribution is -0.137. The molecule has 0 aromatic heterocycles. The van der Waals surface area contributed by atoms with Crippen LogP contribution in [-0.2, 0) is 10.2 Å². The Morgan fingerprint density at radius 1 is 1.32 bits per heavy atom. The van der Waals surface area contributed by atoms with Gasteiger partial charge in [-0.25, -0.2) is 0 Å². The van der Waals surface area contributed by atoms with Gasteiger partial charge in [0.25, 0.3) is 0 Å². The van der Waals surface area contributed by atoms with Crippen molar-refractivity contribution in [3.63, 3.8) is 0 Å². The van der Waals surface area contributed by atoms with E-state index in [0.717, 1.165) is 12.2 Å². The monoisotopic (exact) mass is 264 g/mol. The van der Waals surface area contributed by atoms with Gasteiger partial charge in [0.15, 0.2) is 0 Å². The van der Waals surface area contributed by atoms with Crippen LogP contribution in [0.3, 0.4) is 0 Å². The molecule has 1 atom stereocenters. The van der Waals surface area contributed by atoms with E-state index in [1.807, 2.05) is 19.1 Å². The molecule has 19 heavy (non-hydrogen) atoms. The molecule has 0 fully saturated rings. The van der Waals surface area contributed by atoms with Gasteiger partial charge in [-0.2, -0.15) is 0 Å². The smallest absolute Gasteiger partial charge is 0.303 e. The van der Waals surface area contributed by atoms with Crippen molar-refractivity contribution in [3.05, 3.63) is 29.8 Å². The molecule has 1 aromatic rings. The highest BCUT2D eigenvalue weighted by atomic mass is 16.5. The molecule has 1 unspecified atom stereocenters. The van der Waals surface area contributed by atoms with Gasteiger partial charge in [0.1, 0.15) is 5.75 Å². The lowest BCUT2D eigenvalue weighted by Crippen LogP contribution is -2.16. The van der Waals surface area contributed by atoms with Gasteiger partial charge in [0.2, 0.25) is 0 Å². The minimum atomic E-state index is -0.782. The summed E-state index contributed by atoms with van der Waals surface area (Å²) in [6.07, 6.45) is 1.67. The molecule has 0 spiro atoms. The van der Waals surface area contributed by atoms with Crippen LogP contribution < -0.4 is 4.74 Å². The van der Waals surface area contributed by atoms with Gasteiger partial charge in [-0.3, -0.25) is 4.79 Å². The molecular weight excluding hydrogens is 240 g/mol. The lowest BCUT2D eigenvalue weighted by atomic mass is 9.82. The maximum Gasteiger partial charge on any atom is 0.303 e. The van der Waals surface area contributed by atoms with Gasteiger partial charge >= 0.3 is 5.97 Å². The molecule has 1 aromatic carbocycles. The van der Waals surface area contributed by atoms with E-state index in [9.17, 15) is 4.79 Å². The Morgan fingerprint density at radius 3 is 2.37 bits per heavy atom. The third-order valence-electron chi connectivity index (χ3n) is 3.62. The zero-order valence-corrected chi connectivity index (χ0v) is 12.3. The zero-order chi connectivity index (χ0) is 14.5. The molecule has 0 aliphatic heterocycles. The third kappa shape index (κ3) is 4.93. The fourth-order valence-electron chi connectivity index (χ4n) is 1.81. The van der Waals surface area contributed by atoms with E-state index in [1.54, 1.807) is 0 Å². The molecule has 1 N–H and O–H groups in total. The maximum atomic E-state index is 10.5. The SMILES string of the molecule is CCC(C)(C)c1ccc(OC(C)CCC(=O)O)cc1. The number of ether oxygens (including phenoxy) is 1. The average molecular weight is 264 g/mol. The van der Waals surface area contributed by atoms with Gasteiger partial charge in [-0.15, -0.1) is 0 Å². The van der Waals surface area contributed by atoms with Crippen molar-refractivity contribution in [2.75, 3.05) is 0 Å². The molecule has 0 aliphatic rings. The van der Waals surface area contributed by atoms with Crippen LogP contribution in [0.2, 0.25) is 0 Å². The molecule has 3 heteroatoms. The number of carboxylic acid groups (broad SMARTS) is 1. The number of rotatable bonds is 7. The van der Waals surface area contributed by atoms with Crippen LogP contribution >= 0.6 is 0 Å². The average Bonchev–Trinajstić information content (AvgIpc) is 2.37. The number of carboxylic acids is 1. The molecule has 1 rings (SSSR count). The van der Waals surface area contributed by atoms with Crippen LogP contribution in [0.15, 0.2) is 24.3 Å². The summed E-state index contributed by atoms with van der Waals surface area (Å²) in [7, 11) is 0. The first-order valence-corrected chi connectivity index (χ1v) is 6.84. The van der Waals surface area contributed by atoms with E-state index in [-0.39, 0.29) is 17.9 Å². The summed E-state index contributed by atoms with van der Waals surface area (Å²) in [6, 6.07) is 8.10. The van der Waals surface area contributed by atoms with E-state index < -0.39 is 5.97 Å². The highest BCUT2D eigenvalue weighted by Crippen LogP contribution is 2.28. The highest BCUT2D eigenvalue weighted by molar-refractivity contribution is 5.66. The molecule has 3 nitrogen and oxygen atoms in total. The fourth-order valence-corrected chi connectivity index (χ4v) is 1.81. The molecule has 0 bridgehead atoms. The Balaban J connectivity index is 2.59. The second-order valence-corrected chi connectivity index (χ2v) is 5.62. The van der Waals surface area contributed by atoms with Crippen molar-refractivity contribution >= 4 is 5.97 Å². The third-order valence-corrected chi connectivity index (χ3v) is 3.62. The summed E-state index contributed by atoms with van der Waals surface area (Å²) in [4.78, 5) is 10.5. The van der Waals surface area contributed by atoms with Gasteiger partial charge in [-0.1, -0.05) is 32.9 Å². The van der Waals surface area contributed by atoms with Crippen molar-refractivity contribution in [3.8, 4) is 5.75 Å². The first-order chi connectivity index (χ1) is 8.85. The van der Waals surface area contributed by atoms with E-state index >= 15 is 0 Å². The summed E-state index contributed by atoms with van der Waals surface area (Å²) in [5.41, 5.74) is 1.47. The van der Waals surface area contributed by atoms with E-state index in [1.165, 1.54) is 5.56 Å². The highest BCUT2D eigenvalue weighted by Gasteiger charge is 2.17. The fraction of sp³-hybridized carbons (Fsp3) is 0.562. The zero-order valence-electron chi connectivity index (χ0n) is 12.3. The van der Waals surface area contributed by atoms with Crippen LogP contribution in [0.1, 0.15) is 52.5 Å². The largest absolute Gasteiger partial charge is 0.491 e. The Morgan fingerprint density at radius 2 is 1.89 bits per heavy atom. The predicted octanol–water partition coefficient (Wildman–Crippen LogP) is 4.01. The molecular formula is C16H24O3. The van der Waals surface area contributed by atoms with Crippen LogP contribution in [0, 0.1) is 0 Å². The second-order valence-electron chi connectivity index (χ2n) is 5.62. The van der Waals surface area contributed by atoms with Gasteiger partial charge in [0.05, 0.1) is 6.10 Å². The summed E-state index contributed by atoms with van der Waals surface area (Å²) >= 11 is 0. The summed E-state index contributed by atoms with van der Waals surface area (Å²) in [6.45, 7) is 8.52. The molecule has 0 amide bonds. The quantitative estimate of drug-likeness (QED) is 0.809.